The molecule has 0 aliphatic carbocycles. The fourth-order valence-corrected chi connectivity index (χ4v) is 2.58. The van der Waals surface area contributed by atoms with Crippen molar-refractivity contribution in [2.45, 2.75) is 33.7 Å². The average Bonchev–Trinajstić information content (AvgIpc) is 2.41. The van der Waals surface area contributed by atoms with Crippen molar-refractivity contribution in [3.05, 3.63) is 68.8 Å². The van der Waals surface area contributed by atoms with Crippen LogP contribution in [0.25, 0.3) is 0 Å². The Morgan fingerprint density at radius 3 is 2.33 bits per heavy atom. The maximum absolute atomic E-state index is 11.1. The molecule has 110 valence electrons. The smallest absolute Gasteiger partial charge is 0.274 e. The molecule has 0 heterocycles. The molecular formula is C17H20N2O2. The standard InChI is InChI=1S/C17H20N2O2/c1-11-7-5-6-8-15(11)14(4)18-16-10-17(19(20)21)13(3)9-12(16)2/h5-10,14,18H,1-4H3. The molecule has 0 amide bonds. The molecule has 1 atom stereocenters. The maximum Gasteiger partial charge on any atom is 0.274 e. The van der Waals surface area contributed by atoms with Crippen molar-refractivity contribution in [2.24, 2.45) is 0 Å². The number of anilines is 1. The third-order valence-corrected chi connectivity index (χ3v) is 3.77. The van der Waals surface area contributed by atoms with Crippen molar-refractivity contribution in [3.8, 4) is 0 Å². The zero-order valence-electron chi connectivity index (χ0n) is 12.8. The minimum absolute atomic E-state index is 0.0900. The van der Waals surface area contributed by atoms with Crippen molar-refractivity contribution in [1.82, 2.24) is 0 Å². The molecule has 1 N–H and O–H groups in total. The zero-order valence-corrected chi connectivity index (χ0v) is 12.8. The van der Waals surface area contributed by atoms with Gasteiger partial charge in [-0.25, -0.2) is 0 Å². The van der Waals surface area contributed by atoms with E-state index in [1.807, 2.05) is 25.1 Å². The minimum atomic E-state index is -0.335. The summed E-state index contributed by atoms with van der Waals surface area (Å²) in [5.41, 5.74) is 5.06. The highest BCUT2D eigenvalue weighted by Crippen LogP contribution is 2.29. The quantitative estimate of drug-likeness (QED) is 0.654. The van der Waals surface area contributed by atoms with E-state index in [1.54, 1.807) is 13.0 Å². The van der Waals surface area contributed by atoms with Gasteiger partial charge >= 0.3 is 0 Å². The first kappa shape index (κ1) is 15.0. The van der Waals surface area contributed by atoms with E-state index in [-0.39, 0.29) is 16.7 Å². The van der Waals surface area contributed by atoms with Gasteiger partial charge < -0.3 is 5.32 Å². The number of hydrogen-bond donors (Lipinski definition) is 1. The number of rotatable bonds is 4. The Morgan fingerprint density at radius 2 is 1.71 bits per heavy atom. The summed E-state index contributed by atoms with van der Waals surface area (Å²) in [5, 5.41) is 14.5. The van der Waals surface area contributed by atoms with E-state index < -0.39 is 0 Å². The van der Waals surface area contributed by atoms with Crippen molar-refractivity contribution in [3.63, 3.8) is 0 Å². The lowest BCUT2D eigenvalue weighted by Gasteiger charge is -2.19. The molecule has 0 aliphatic heterocycles. The lowest BCUT2D eigenvalue weighted by molar-refractivity contribution is -0.385. The van der Waals surface area contributed by atoms with E-state index in [0.717, 1.165) is 11.3 Å². The summed E-state index contributed by atoms with van der Waals surface area (Å²) in [6, 6.07) is 11.7. The summed E-state index contributed by atoms with van der Waals surface area (Å²) in [6.07, 6.45) is 0. The van der Waals surface area contributed by atoms with E-state index in [2.05, 4.69) is 31.3 Å². The maximum atomic E-state index is 11.1. The van der Waals surface area contributed by atoms with Crippen LogP contribution in [0.2, 0.25) is 0 Å². The zero-order chi connectivity index (χ0) is 15.6. The summed E-state index contributed by atoms with van der Waals surface area (Å²) >= 11 is 0. The molecule has 0 bridgehead atoms. The van der Waals surface area contributed by atoms with Gasteiger partial charge in [-0.05, 0) is 50.5 Å². The van der Waals surface area contributed by atoms with Crippen LogP contribution in [-0.4, -0.2) is 4.92 Å². The summed E-state index contributed by atoms with van der Waals surface area (Å²) in [4.78, 5) is 10.7. The molecule has 0 saturated heterocycles. The molecule has 0 spiro atoms. The summed E-state index contributed by atoms with van der Waals surface area (Å²) in [6.45, 7) is 7.86. The van der Waals surface area contributed by atoms with Crippen LogP contribution in [0.3, 0.4) is 0 Å². The highest BCUT2D eigenvalue weighted by molar-refractivity contribution is 5.61. The van der Waals surface area contributed by atoms with E-state index in [9.17, 15) is 10.1 Å². The molecule has 0 saturated carbocycles. The fraction of sp³-hybridized carbons (Fsp3) is 0.294. The van der Waals surface area contributed by atoms with E-state index in [0.29, 0.717) is 5.56 Å². The van der Waals surface area contributed by atoms with Crippen LogP contribution >= 0.6 is 0 Å². The minimum Gasteiger partial charge on any atom is -0.378 e. The van der Waals surface area contributed by atoms with Crippen molar-refractivity contribution in [1.29, 1.82) is 0 Å². The van der Waals surface area contributed by atoms with Crippen LogP contribution in [-0.2, 0) is 0 Å². The molecule has 0 radical (unpaired) electrons. The van der Waals surface area contributed by atoms with Crippen LogP contribution in [0.15, 0.2) is 36.4 Å². The van der Waals surface area contributed by atoms with E-state index in [1.165, 1.54) is 11.1 Å². The molecule has 2 rings (SSSR count). The van der Waals surface area contributed by atoms with Crippen LogP contribution in [0, 0.1) is 30.9 Å². The number of benzene rings is 2. The number of nitro benzene ring substituents is 1. The predicted octanol–water partition coefficient (Wildman–Crippen LogP) is 4.69. The van der Waals surface area contributed by atoms with Gasteiger partial charge in [-0.3, -0.25) is 10.1 Å². The molecule has 1 unspecified atom stereocenters. The highest BCUT2D eigenvalue weighted by Gasteiger charge is 2.15. The van der Waals surface area contributed by atoms with Gasteiger partial charge in [0.1, 0.15) is 0 Å². The molecule has 4 nitrogen and oxygen atoms in total. The number of nitrogens with zero attached hydrogens (tertiary/aromatic N) is 1. The first-order valence-electron chi connectivity index (χ1n) is 6.98. The average molecular weight is 284 g/mol. The van der Waals surface area contributed by atoms with E-state index >= 15 is 0 Å². The fourth-order valence-electron chi connectivity index (χ4n) is 2.58. The van der Waals surface area contributed by atoms with Gasteiger partial charge in [0.2, 0.25) is 0 Å². The number of hydrogen-bond acceptors (Lipinski definition) is 3. The molecule has 4 heteroatoms. The van der Waals surface area contributed by atoms with Crippen molar-refractivity contribution >= 4 is 11.4 Å². The monoisotopic (exact) mass is 284 g/mol. The molecule has 2 aromatic carbocycles. The molecular weight excluding hydrogens is 264 g/mol. The predicted molar refractivity (Wildman–Crippen MR) is 85.8 cm³/mol. The van der Waals surface area contributed by atoms with Gasteiger partial charge in [0.05, 0.1) is 4.92 Å². The lowest BCUT2D eigenvalue weighted by Crippen LogP contribution is -2.09. The Labute approximate surface area is 125 Å². The first-order valence-corrected chi connectivity index (χ1v) is 6.98. The molecule has 0 aromatic heterocycles. The lowest BCUT2D eigenvalue weighted by atomic mass is 10.0. The second-order valence-electron chi connectivity index (χ2n) is 5.43. The molecule has 0 fully saturated rings. The Morgan fingerprint density at radius 1 is 1.05 bits per heavy atom. The molecule has 0 aliphatic rings. The third-order valence-electron chi connectivity index (χ3n) is 3.77. The number of nitro groups is 1. The van der Waals surface area contributed by atoms with Crippen molar-refractivity contribution < 1.29 is 4.92 Å². The first-order chi connectivity index (χ1) is 9.90. The second-order valence-corrected chi connectivity index (χ2v) is 5.43. The van der Waals surface area contributed by atoms with Gasteiger partial charge in [-0.1, -0.05) is 24.3 Å². The van der Waals surface area contributed by atoms with Gasteiger partial charge in [0.15, 0.2) is 0 Å². The summed E-state index contributed by atoms with van der Waals surface area (Å²) in [7, 11) is 0. The van der Waals surface area contributed by atoms with Gasteiger partial charge in [-0.2, -0.15) is 0 Å². The Balaban J connectivity index is 2.33. The SMILES string of the molecule is Cc1cc(C)c([N+](=O)[O-])cc1NC(C)c1ccccc1C. The third kappa shape index (κ3) is 3.21. The number of aryl methyl sites for hydroxylation is 3. The van der Waals surface area contributed by atoms with E-state index in [4.69, 9.17) is 0 Å². The Kier molecular flexibility index (Phi) is 4.26. The summed E-state index contributed by atoms with van der Waals surface area (Å²) < 4.78 is 0. The van der Waals surface area contributed by atoms with Gasteiger partial charge in [0.25, 0.3) is 5.69 Å². The van der Waals surface area contributed by atoms with Crippen LogP contribution in [0.1, 0.15) is 35.2 Å². The van der Waals surface area contributed by atoms with Gasteiger partial charge in [-0.15, -0.1) is 0 Å². The summed E-state index contributed by atoms with van der Waals surface area (Å²) in [5.74, 6) is 0. The molecule has 2 aromatic rings. The van der Waals surface area contributed by atoms with Crippen molar-refractivity contribution in [2.75, 3.05) is 5.32 Å². The largest absolute Gasteiger partial charge is 0.378 e. The second kappa shape index (κ2) is 5.95. The number of nitrogens with one attached hydrogen (secondary N) is 1. The normalized spacial score (nSPS) is 12.0. The van der Waals surface area contributed by atoms with Crippen LogP contribution < -0.4 is 5.32 Å². The highest BCUT2D eigenvalue weighted by atomic mass is 16.6. The Hall–Kier alpha value is -2.36. The van der Waals surface area contributed by atoms with Gasteiger partial charge in [0, 0.05) is 23.4 Å². The molecule has 21 heavy (non-hydrogen) atoms. The Bertz CT molecular complexity index is 680. The van der Waals surface area contributed by atoms with Crippen LogP contribution in [0.5, 0.6) is 0 Å². The van der Waals surface area contributed by atoms with Crippen LogP contribution in [0.4, 0.5) is 11.4 Å². The topological polar surface area (TPSA) is 55.2 Å².